The summed E-state index contributed by atoms with van der Waals surface area (Å²) in [4.78, 5) is 34.8. The first-order chi connectivity index (χ1) is 13.4. The van der Waals surface area contributed by atoms with Gasteiger partial charge in [-0.25, -0.2) is 19.2 Å². The van der Waals surface area contributed by atoms with E-state index in [0.717, 1.165) is 0 Å². The number of nitrogens with zero attached hydrogens (tertiary/aromatic N) is 2. The average Bonchev–Trinajstić information content (AvgIpc) is 2.70. The van der Waals surface area contributed by atoms with Crippen molar-refractivity contribution >= 4 is 11.8 Å². The van der Waals surface area contributed by atoms with Crippen molar-refractivity contribution in [2.24, 2.45) is 0 Å². The molecule has 0 radical (unpaired) electrons. The largest absolute Gasteiger partial charge is 0.465 e. The number of nitrogens with one attached hydrogen (secondary N) is 2. The topological polar surface area (TPSA) is 97.0 Å². The molecule has 3 aromatic rings. The lowest BCUT2D eigenvalue weighted by Gasteiger charge is -2.09. The third-order valence-electron chi connectivity index (χ3n) is 4.36. The van der Waals surface area contributed by atoms with Crippen molar-refractivity contribution in [3.8, 4) is 11.4 Å². The van der Waals surface area contributed by atoms with Gasteiger partial charge in [-0.1, -0.05) is 0 Å². The molecule has 0 aliphatic heterocycles. The normalized spacial score (nSPS) is 10.6. The zero-order chi connectivity index (χ0) is 20.3. The molecule has 2 heterocycles. The van der Waals surface area contributed by atoms with Crippen molar-refractivity contribution in [2.45, 2.75) is 20.4 Å². The molecule has 7 nitrogen and oxygen atoms in total. The Hall–Kier alpha value is -3.55. The number of H-pyrrole nitrogens is 1. The standard InChI is InChI=1S/C20H19FN4O3/c1-11-12(2)24-18(25-19(11)26)14-5-7-17(22-9-14)23-10-15-8-13(20(27)28-3)4-6-16(15)21/h4-9H,10H2,1-3H3,(H,22,23)(H,24,25,26). The van der Waals surface area contributed by atoms with E-state index in [1.165, 1.54) is 25.3 Å². The zero-order valence-electron chi connectivity index (χ0n) is 15.7. The molecule has 0 unspecified atom stereocenters. The van der Waals surface area contributed by atoms with Crippen LogP contribution < -0.4 is 10.9 Å². The quantitative estimate of drug-likeness (QED) is 0.659. The number of methoxy groups -OCH3 is 1. The summed E-state index contributed by atoms with van der Waals surface area (Å²) in [5.41, 5.74) is 2.28. The van der Waals surface area contributed by atoms with Crippen LogP contribution in [0.3, 0.4) is 0 Å². The lowest BCUT2D eigenvalue weighted by molar-refractivity contribution is 0.0600. The minimum atomic E-state index is -0.529. The highest BCUT2D eigenvalue weighted by molar-refractivity contribution is 5.89. The summed E-state index contributed by atoms with van der Waals surface area (Å²) in [6.07, 6.45) is 1.57. The maximum absolute atomic E-state index is 14.0. The highest BCUT2D eigenvalue weighted by Crippen LogP contribution is 2.17. The fourth-order valence-electron chi connectivity index (χ4n) is 2.56. The fourth-order valence-corrected chi connectivity index (χ4v) is 2.56. The Balaban J connectivity index is 1.75. The Morgan fingerprint density at radius 2 is 2.04 bits per heavy atom. The van der Waals surface area contributed by atoms with Gasteiger partial charge < -0.3 is 15.0 Å². The van der Waals surface area contributed by atoms with Gasteiger partial charge in [0.05, 0.1) is 12.7 Å². The predicted octanol–water partition coefficient (Wildman–Crippen LogP) is 2.99. The minimum Gasteiger partial charge on any atom is -0.465 e. The van der Waals surface area contributed by atoms with Crippen molar-refractivity contribution in [2.75, 3.05) is 12.4 Å². The van der Waals surface area contributed by atoms with Gasteiger partial charge in [-0.3, -0.25) is 4.79 Å². The van der Waals surface area contributed by atoms with E-state index in [-0.39, 0.29) is 17.7 Å². The number of halogens is 1. The Bertz CT molecular complexity index is 1080. The SMILES string of the molecule is COC(=O)c1ccc(F)c(CNc2ccc(-c3nc(C)c(C)c(=O)[nH]3)cn2)c1. The molecule has 8 heteroatoms. The number of anilines is 1. The number of esters is 1. The van der Waals surface area contributed by atoms with Crippen LogP contribution in [-0.4, -0.2) is 28.0 Å². The molecule has 0 saturated heterocycles. The van der Waals surface area contributed by atoms with E-state index in [9.17, 15) is 14.0 Å². The van der Waals surface area contributed by atoms with Crippen molar-refractivity contribution < 1.29 is 13.9 Å². The van der Waals surface area contributed by atoms with Gasteiger partial charge in [0.1, 0.15) is 17.5 Å². The fraction of sp³-hybridized carbons (Fsp3) is 0.200. The maximum Gasteiger partial charge on any atom is 0.337 e. The van der Waals surface area contributed by atoms with Gasteiger partial charge >= 0.3 is 5.97 Å². The summed E-state index contributed by atoms with van der Waals surface area (Å²) in [5.74, 6) is -0.0194. The van der Waals surface area contributed by atoms with Crippen LogP contribution in [0.4, 0.5) is 10.2 Å². The van der Waals surface area contributed by atoms with Crippen molar-refractivity contribution in [3.63, 3.8) is 0 Å². The van der Waals surface area contributed by atoms with Crippen LogP contribution in [0.2, 0.25) is 0 Å². The van der Waals surface area contributed by atoms with Gasteiger partial charge in [-0.05, 0) is 44.2 Å². The third-order valence-corrected chi connectivity index (χ3v) is 4.36. The van der Waals surface area contributed by atoms with Gasteiger partial charge in [0, 0.05) is 35.1 Å². The summed E-state index contributed by atoms with van der Waals surface area (Å²) in [6.45, 7) is 3.63. The number of ether oxygens (including phenoxy) is 1. The molecule has 0 saturated carbocycles. The monoisotopic (exact) mass is 382 g/mol. The number of carbonyl (C=O) groups is 1. The van der Waals surface area contributed by atoms with E-state index in [1.807, 2.05) is 0 Å². The second-order valence-electron chi connectivity index (χ2n) is 6.21. The number of aromatic nitrogens is 3. The highest BCUT2D eigenvalue weighted by Gasteiger charge is 2.10. The summed E-state index contributed by atoms with van der Waals surface area (Å²) in [6, 6.07) is 7.49. The summed E-state index contributed by atoms with van der Waals surface area (Å²) in [7, 11) is 1.27. The number of carbonyl (C=O) groups excluding carboxylic acids is 1. The minimum absolute atomic E-state index is 0.141. The molecule has 0 fully saturated rings. The second-order valence-corrected chi connectivity index (χ2v) is 6.21. The van der Waals surface area contributed by atoms with E-state index in [1.54, 1.807) is 32.2 Å². The molecule has 144 valence electrons. The molecule has 2 aromatic heterocycles. The summed E-state index contributed by atoms with van der Waals surface area (Å²) in [5, 5.41) is 3.00. The molecule has 1 aromatic carbocycles. The van der Waals surface area contributed by atoms with E-state index in [0.29, 0.717) is 34.0 Å². The van der Waals surface area contributed by atoms with Gasteiger partial charge in [0.2, 0.25) is 0 Å². The summed E-state index contributed by atoms with van der Waals surface area (Å²) < 4.78 is 18.6. The van der Waals surface area contributed by atoms with E-state index < -0.39 is 11.8 Å². The zero-order valence-corrected chi connectivity index (χ0v) is 15.7. The molecule has 3 rings (SSSR count). The van der Waals surface area contributed by atoms with E-state index >= 15 is 0 Å². The van der Waals surface area contributed by atoms with Crippen LogP contribution in [0.25, 0.3) is 11.4 Å². The first-order valence-corrected chi connectivity index (χ1v) is 8.53. The first kappa shape index (κ1) is 19.2. The van der Waals surface area contributed by atoms with Gasteiger partial charge in [0.15, 0.2) is 0 Å². The van der Waals surface area contributed by atoms with Crippen LogP contribution in [0.1, 0.15) is 27.2 Å². The molecule has 0 atom stereocenters. The number of rotatable bonds is 5. The van der Waals surface area contributed by atoms with Crippen molar-refractivity contribution in [1.82, 2.24) is 15.0 Å². The van der Waals surface area contributed by atoms with Crippen LogP contribution >= 0.6 is 0 Å². The number of benzene rings is 1. The lowest BCUT2D eigenvalue weighted by atomic mass is 10.1. The van der Waals surface area contributed by atoms with E-state index in [2.05, 4.69) is 25.0 Å². The third kappa shape index (κ3) is 4.06. The Kier molecular flexibility index (Phi) is 5.49. The van der Waals surface area contributed by atoms with Crippen LogP contribution in [0, 0.1) is 19.7 Å². The van der Waals surface area contributed by atoms with Crippen LogP contribution in [0.15, 0.2) is 41.3 Å². The molecular weight excluding hydrogens is 363 g/mol. The van der Waals surface area contributed by atoms with Gasteiger partial charge in [0.25, 0.3) is 5.56 Å². The first-order valence-electron chi connectivity index (χ1n) is 8.53. The number of hydrogen-bond acceptors (Lipinski definition) is 6. The Labute approximate surface area is 160 Å². The van der Waals surface area contributed by atoms with Gasteiger partial charge in [-0.15, -0.1) is 0 Å². The molecule has 0 aliphatic carbocycles. The van der Waals surface area contributed by atoms with Crippen molar-refractivity contribution in [3.05, 3.63) is 75.1 Å². The van der Waals surface area contributed by atoms with Crippen molar-refractivity contribution in [1.29, 1.82) is 0 Å². The summed E-state index contributed by atoms with van der Waals surface area (Å²) >= 11 is 0. The number of aromatic amines is 1. The predicted molar refractivity (Wildman–Crippen MR) is 103 cm³/mol. The molecule has 0 spiro atoms. The molecular formula is C20H19FN4O3. The van der Waals surface area contributed by atoms with Crippen LogP contribution in [-0.2, 0) is 11.3 Å². The molecule has 0 bridgehead atoms. The number of pyridine rings is 1. The Morgan fingerprint density at radius 3 is 2.68 bits per heavy atom. The maximum atomic E-state index is 14.0. The lowest BCUT2D eigenvalue weighted by Crippen LogP contribution is -2.14. The second kappa shape index (κ2) is 7.99. The molecule has 0 amide bonds. The highest BCUT2D eigenvalue weighted by atomic mass is 19.1. The van der Waals surface area contributed by atoms with Crippen LogP contribution in [0.5, 0.6) is 0 Å². The molecule has 2 N–H and O–H groups in total. The van der Waals surface area contributed by atoms with Gasteiger partial charge in [-0.2, -0.15) is 0 Å². The number of hydrogen-bond donors (Lipinski definition) is 2. The smallest absolute Gasteiger partial charge is 0.337 e. The van der Waals surface area contributed by atoms with E-state index in [4.69, 9.17) is 0 Å². The molecule has 0 aliphatic rings. The molecule has 28 heavy (non-hydrogen) atoms. The number of aryl methyl sites for hydroxylation is 1. The average molecular weight is 382 g/mol. The Morgan fingerprint density at radius 1 is 1.25 bits per heavy atom.